The van der Waals surface area contributed by atoms with Crippen molar-refractivity contribution in [2.45, 2.75) is 6.42 Å². The second kappa shape index (κ2) is 7.84. The number of anilines is 3. The van der Waals surface area contributed by atoms with Gasteiger partial charge >= 0.3 is 0 Å². The van der Waals surface area contributed by atoms with Crippen molar-refractivity contribution in [2.24, 2.45) is 0 Å². The van der Waals surface area contributed by atoms with Crippen LogP contribution in [0.2, 0.25) is 0 Å². The number of carbonyl (C=O) groups excluding carboxylic acids is 1. The van der Waals surface area contributed by atoms with Crippen molar-refractivity contribution in [3.05, 3.63) is 60.4 Å². The van der Waals surface area contributed by atoms with Gasteiger partial charge in [0, 0.05) is 5.69 Å². The van der Waals surface area contributed by atoms with Gasteiger partial charge in [0.15, 0.2) is 16.7 Å². The number of nitrogens with zero attached hydrogens (tertiary/aromatic N) is 5. The maximum absolute atomic E-state index is 12.5. The third kappa shape index (κ3) is 3.79. The summed E-state index contributed by atoms with van der Waals surface area (Å²) in [6, 6.07) is 16.9. The zero-order valence-corrected chi connectivity index (χ0v) is 16.8. The number of hydrazine groups is 2. The zero-order chi connectivity index (χ0) is 21.2. The highest BCUT2D eigenvalue weighted by Gasteiger charge is 2.25. The molecule has 0 aliphatic carbocycles. The van der Waals surface area contributed by atoms with Gasteiger partial charge in [-0.3, -0.25) is 26.5 Å². The van der Waals surface area contributed by atoms with Crippen molar-refractivity contribution in [1.29, 1.82) is 0 Å². The number of hydrogen-bond acceptors (Lipinski definition) is 8. The Hall–Kier alpha value is -4.32. The van der Waals surface area contributed by atoms with Crippen LogP contribution in [0.4, 0.5) is 17.5 Å². The maximum atomic E-state index is 12.5. The van der Waals surface area contributed by atoms with Gasteiger partial charge in [-0.05, 0) is 36.5 Å². The van der Waals surface area contributed by atoms with Crippen LogP contribution in [0.3, 0.4) is 0 Å². The lowest BCUT2D eigenvalue weighted by Gasteiger charge is -2.20. The van der Waals surface area contributed by atoms with E-state index in [9.17, 15) is 4.79 Å². The topological polar surface area (TPSA) is 134 Å². The van der Waals surface area contributed by atoms with Crippen LogP contribution in [0.1, 0.15) is 5.82 Å². The molecule has 5 N–H and O–H groups in total. The molecule has 1 amide bonds. The molecule has 0 saturated carbocycles. The van der Waals surface area contributed by atoms with E-state index < -0.39 is 0 Å². The van der Waals surface area contributed by atoms with Gasteiger partial charge in [0.25, 0.3) is 0 Å². The highest BCUT2D eigenvalue weighted by Crippen LogP contribution is 2.27. The van der Waals surface area contributed by atoms with Crippen LogP contribution in [0, 0.1) is 0 Å². The molecule has 1 aliphatic rings. The van der Waals surface area contributed by atoms with E-state index in [0.717, 1.165) is 16.7 Å². The number of benzene rings is 2. The molecule has 4 aromatic rings. The van der Waals surface area contributed by atoms with E-state index in [0.29, 0.717) is 23.4 Å². The minimum absolute atomic E-state index is 0.0520. The lowest BCUT2D eigenvalue weighted by atomic mass is 10.3. The van der Waals surface area contributed by atoms with Crippen LogP contribution in [0.25, 0.3) is 16.9 Å². The third-order valence-electron chi connectivity index (χ3n) is 4.45. The second-order valence-electron chi connectivity index (χ2n) is 6.58. The van der Waals surface area contributed by atoms with Crippen molar-refractivity contribution >= 4 is 51.7 Å². The van der Waals surface area contributed by atoms with Crippen LogP contribution in [-0.2, 0) is 11.2 Å². The van der Waals surface area contributed by atoms with Crippen LogP contribution >= 0.6 is 12.2 Å². The highest BCUT2D eigenvalue weighted by molar-refractivity contribution is 7.80. The first kappa shape index (κ1) is 18.7. The summed E-state index contributed by atoms with van der Waals surface area (Å²) in [4.78, 5) is 21.7. The Morgan fingerprint density at radius 3 is 2.48 bits per heavy atom. The predicted octanol–water partition coefficient (Wildman–Crippen LogP) is 1.52. The van der Waals surface area contributed by atoms with Gasteiger partial charge < -0.3 is 5.32 Å². The second-order valence-corrected chi connectivity index (χ2v) is 6.99. The molecule has 0 radical (unpaired) electrons. The molecule has 0 atom stereocenters. The molecule has 2 aromatic carbocycles. The van der Waals surface area contributed by atoms with E-state index in [2.05, 4.69) is 47.2 Å². The van der Waals surface area contributed by atoms with E-state index in [1.54, 1.807) is 4.57 Å². The molecular formula is C19H16N10OS. The molecule has 154 valence electrons. The van der Waals surface area contributed by atoms with Crippen molar-refractivity contribution < 1.29 is 4.79 Å². The Balaban J connectivity index is 1.31. The summed E-state index contributed by atoms with van der Waals surface area (Å²) in [6.07, 6.45) is -0.0520. The van der Waals surface area contributed by atoms with Crippen molar-refractivity contribution in [3.63, 3.8) is 0 Å². The predicted molar refractivity (Wildman–Crippen MR) is 119 cm³/mol. The Kier molecular flexibility index (Phi) is 4.72. The summed E-state index contributed by atoms with van der Waals surface area (Å²) in [7, 11) is 0. The van der Waals surface area contributed by atoms with E-state index >= 15 is 0 Å². The summed E-state index contributed by atoms with van der Waals surface area (Å²) in [5, 5.41) is 11.4. The number of fused-ring (bicyclic) bond motifs is 4. The molecule has 0 fully saturated rings. The minimum atomic E-state index is -0.346. The van der Waals surface area contributed by atoms with Crippen molar-refractivity contribution in [2.75, 3.05) is 16.2 Å². The number of hydrogen-bond donors (Lipinski definition) is 5. The molecule has 12 heteroatoms. The molecule has 5 rings (SSSR count). The van der Waals surface area contributed by atoms with Gasteiger partial charge in [-0.15, -0.1) is 10.2 Å². The Morgan fingerprint density at radius 2 is 1.68 bits per heavy atom. The van der Waals surface area contributed by atoms with Gasteiger partial charge in [-0.2, -0.15) is 0 Å². The molecular weight excluding hydrogens is 416 g/mol. The number of amides is 1. The summed E-state index contributed by atoms with van der Waals surface area (Å²) < 4.78 is 1.66. The molecule has 0 bridgehead atoms. The fourth-order valence-corrected chi connectivity index (χ4v) is 3.25. The number of thiocarbonyl (C=S) groups is 1. The normalized spacial score (nSPS) is 11.5. The van der Waals surface area contributed by atoms with Gasteiger partial charge in [0.2, 0.25) is 11.9 Å². The Morgan fingerprint density at radius 1 is 0.935 bits per heavy atom. The SMILES string of the molecule is O=C(Cc1nnc2n1-c1nc3ccccc3nc1NN2)NNC(=S)Nc1ccccc1. The number of para-hydroxylation sites is 3. The molecule has 0 spiro atoms. The number of carbonyl (C=O) groups is 1. The lowest BCUT2D eigenvalue weighted by Crippen LogP contribution is -2.44. The number of aromatic nitrogens is 5. The summed E-state index contributed by atoms with van der Waals surface area (Å²) >= 11 is 5.19. The molecule has 0 unspecified atom stereocenters. The van der Waals surface area contributed by atoms with Gasteiger partial charge in [0.1, 0.15) is 5.82 Å². The van der Waals surface area contributed by atoms with Gasteiger partial charge in [0.05, 0.1) is 17.5 Å². The lowest BCUT2D eigenvalue weighted by molar-refractivity contribution is -0.121. The Labute approximate surface area is 181 Å². The first-order chi connectivity index (χ1) is 15.2. The molecule has 3 heterocycles. The van der Waals surface area contributed by atoms with Crippen LogP contribution in [-0.4, -0.2) is 35.8 Å². The monoisotopic (exact) mass is 432 g/mol. The Bertz CT molecular complexity index is 1290. The standard InChI is InChI=1S/C19H16N10OS/c30-15(24-28-19(31)20-11-6-2-1-3-7-11)10-14-23-26-18-27-25-16-17(29(14)18)22-13-9-5-4-8-12(13)21-16/h1-9H,10H2,(H,21,25)(H,24,30)(H,26,27)(H2,20,28,31). The number of rotatable bonds is 3. The summed E-state index contributed by atoms with van der Waals surface area (Å²) in [6.45, 7) is 0. The quantitative estimate of drug-likeness (QED) is 0.240. The fourth-order valence-electron chi connectivity index (χ4n) is 3.08. The minimum Gasteiger partial charge on any atom is -0.331 e. The summed E-state index contributed by atoms with van der Waals surface area (Å²) in [5.74, 6) is 1.49. The van der Waals surface area contributed by atoms with Crippen molar-refractivity contribution in [3.8, 4) is 5.82 Å². The smallest absolute Gasteiger partial charge is 0.249 e. The highest BCUT2D eigenvalue weighted by atomic mass is 32.1. The third-order valence-corrected chi connectivity index (χ3v) is 4.66. The average molecular weight is 432 g/mol. The molecule has 31 heavy (non-hydrogen) atoms. The maximum Gasteiger partial charge on any atom is 0.249 e. The van der Waals surface area contributed by atoms with E-state index in [1.807, 2.05) is 54.6 Å². The first-order valence-electron chi connectivity index (χ1n) is 9.32. The largest absolute Gasteiger partial charge is 0.331 e. The molecule has 2 aromatic heterocycles. The van der Waals surface area contributed by atoms with E-state index in [1.165, 1.54) is 0 Å². The average Bonchev–Trinajstić information content (AvgIpc) is 3.20. The van der Waals surface area contributed by atoms with Gasteiger partial charge in [-0.25, -0.2) is 14.5 Å². The van der Waals surface area contributed by atoms with Crippen LogP contribution < -0.4 is 27.0 Å². The summed E-state index contributed by atoms with van der Waals surface area (Å²) in [5.41, 5.74) is 13.4. The van der Waals surface area contributed by atoms with Gasteiger partial charge in [-0.1, -0.05) is 30.3 Å². The van der Waals surface area contributed by atoms with E-state index in [-0.39, 0.29) is 17.4 Å². The number of nitrogens with one attached hydrogen (secondary N) is 5. The fraction of sp³-hybridized carbons (Fsp3) is 0.0526. The van der Waals surface area contributed by atoms with Crippen LogP contribution in [0.5, 0.6) is 0 Å². The van der Waals surface area contributed by atoms with Crippen molar-refractivity contribution in [1.82, 2.24) is 35.6 Å². The van der Waals surface area contributed by atoms with E-state index in [4.69, 9.17) is 12.2 Å². The zero-order valence-electron chi connectivity index (χ0n) is 16.0. The molecule has 11 nitrogen and oxygen atoms in total. The van der Waals surface area contributed by atoms with Crippen LogP contribution in [0.15, 0.2) is 54.6 Å². The first-order valence-corrected chi connectivity index (χ1v) is 9.72. The molecule has 1 aliphatic heterocycles. The molecule has 0 saturated heterocycles.